The first-order valence-electron chi connectivity index (χ1n) is 6.23. The molecule has 1 aromatic rings. The van der Waals surface area contributed by atoms with E-state index in [1.54, 1.807) is 6.07 Å². The van der Waals surface area contributed by atoms with E-state index in [1.165, 1.54) is 5.56 Å². The van der Waals surface area contributed by atoms with Gasteiger partial charge in [-0.3, -0.25) is 0 Å². The third kappa shape index (κ3) is 3.27. The van der Waals surface area contributed by atoms with Crippen molar-refractivity contribution in [2.75, 3.05) is 13.6 Å². The molecule has 1 aliphatic carbocycles. The first-order valence-corrected chi connectivity index (χ1v) is 6.23. The molecule has 0 aliphatic heterocycles. The Hall–Kier alpha value is -0.930. The molecule has 0 amide bonds. The molecule has 0 saturated heterocycles. The first-order chi connectivity index (χ1) is 8.04. The molecule has 2 N–H and O–H groups in total. The molecule has 1 fully saturated rings. The van der Waals surface area contributed by atoms with Crippen molar-refractivity contribution in [3.8, 4) is 0 Å². The Morgan fingerprint density at radius 2 is 2.12 bits per heavy atom. The molecule has 2 nitrogen and oxygen atoms in total. The van der Waals surface area contributed by atoms with Gasteiger partial charge >= 0.3 is 0 Å². The van der Waals surface area contributed by atoms with Crippen LogP contribution in [0.3, 0.4) is 0 Å². The quantitative estimate of drug-likeness (QED) is 0.869. The van der Waals surface area contributed by atoms with Gasteiger partial charge in [0.2, 0.25) is 0 Å². The smallest absolute Gasteiger partial charge is 0.126 e. The van der Waals surface area contributed by atoms with Crippen molar-refractivity contribution < 1.29 is 4.39 Å². The van der Waals surface area contributed by atoms with Gasteiger partial charge in [0.15, 0.2) is 0 Å². The van der Waals surface area contributed by atoms with Gasteiger partial charge in [0, 0.05) is 19.1 Å². The summed E-state index contributed by atoms with van der Waals surface area (Å²) in [6, 6.07) is 5.77. The fourth-order valence-electron chi connectivity index (χ4n) is 2.56. The third-order valence-electron chi connectivity index (χ3n) is 3.52. The summed E-state index contributed by atoms with van der Waals surface area (Å²) < 4.78 is 13.1. The van der Waals surface area contributed by atoms with Gasteiger partial charge in [0.1, 0.15) is 5.82 Å². The molecule has 1 saturated carbocycles. The molecular weight excluding hydrogens is 215 g/mol. The average Bonchev–Trinajstić information content (AvgIpc) is 2.21. The lowest BCUT2D eigenvalue weighted by atomic mass is 9.80. The van der Waals surface area contributed by atoms with Crippen LogP contribution < -0.4 is 5.73 Å². The highest BCUT2D eigenvalue weighted by atomic mass is 19.1. The van der Waals surface area contributed by atoms with E-state index in [-0.39, 0.29) is 5.82 Å². The average molecular weight is 236 g/mol. The van der Waals surface area contributed by atoms with Gasteiger partial charge in [-0.05, 0) is 49.9 Å². The molecule has 3 heteroatoms. The molecule has 0 radical (unpaired) electrons. The van der Waals surface area contributed by atoms with Crippen LogP contribution in [0.1, 0.15) is 24.0 Å². The minimum atomic E-state index is -0.124. The SMILES string of the molecule is Cc1cc(CN(C)CC2CC(N)C2)ccc1F. The molecule has 1 aromatic carbocycles. The molecule has 0 bridgehead atoms. The highest BCUT2D eigenvalue weighted by Gasteiger charge is 2.26. The second kappa shape index (κ2) is 5.15. The Morgan fingerprint density at radius 1 is 1.41 bits per heavy atom. The molecule has 1 aliphatic rings. The Kier molecular flexibility index (Phi) is 3.79. The van der Waals surface area contributed by atoms with Gasteiger partial charge in [-0.15, -0.1) is 0 Å². The number of aryl methyl sites for hydroxylation is 1. The molecule has 0 heterocycles. The number of nitrogens with two attached hydrogens (primary N) is 1. The summed E-state index contributed by atoms with van der Waals surface area (Å²) in [4.78, 5) is 2.29. The molecule has 0 aromatic heterocycles. The van der Waals surface area contributed by atoms with Crippen molar-refractivity contribution in [2.24, 2.45) is 11.7 Å². The van der Waals surface area contributed by atoms with E-state index in [0.29, 0.717) is 6.04 Å². The minimum Gasteiger partial charge on any atom is -0.328 e. The van der Waals surface area contributed by atoms with Gasteiger partial charge in [-0.2, -0.15) is 0 Å². The maximum atomic E-state index is 13.1. The summed E-state index contributed by atoms with van der Waals surface area (Å²) in [5, 5.41) is 0. The Bertz CT molecular complexity index is 386. The van der Waals surface area contributed by atoms with Crippen LogP contribution in [0.2, 0.25) is 0 Å². The standard InChI is InChI=1S/C14H21FN2/c1-10-5-11(3-4-14(10)15)8-17(2)9-12-6-13(16)7-12/h3-5,12-13H,6-9,16H2,1-2H3. The van der Waals surface area contributed by atoms with Crippen molar-refractivity contribution in [3.05, 3.63) is 35.1 Å². The zero-order valence-electron chi connectivity index (χ0n) is 10.6. The topological polar surface area (TPSA) is 29.3 Å². The molecule has 2 rings (SSSR count). The van der Waals surface area contributed by atoms with Crippen LogP contribution in [0.15, 0.2) is 18.2 Å². The van der Waals surface area contributed by atoms with Crippen LogP contribution in [-0.4, -0.2) is 24.5 Å². The second-order valence-corrected chi connectivity index (χ2v) is 5.38. The Morgan fingerprint density at radius 3 is 2.71 bits per heavy atom. The number of benzene rings is 1. The predicted octanol–water partition coefficient (Wildman–Crippen LogP) is 2.30. The van der Waals surface area contributed by atoms with Crippen LogP contribution in [-0.2, 0) is 6.54 Å². The first kappa shape index (κ1) is 12.5. The zero-order valence-corrected chi connectivity index (χ0v) is 10.6. The summed E-state index contributed by atoms with van der Waals surface area (Å²) in [5.74, 6) is 0.623. The van der Waals surface area contributed by atoms with Gasteiger partial charge < -0.3 is 10.6 Å². The summed E-state index contributed by atoms with van der Waals surface area (Å²) in [6.45, 7) is 3.78. The second-order valence-electron chi connectivity index (χ2n) is 5.38. The van der Waals surface area contributed by atoms with E-state index in [0.717, 1.165) is 37.4 Å². The van der Waals surface area contributed by atoms with Crippen LogP contribution in [0.25, 0.3) is 0 Å². The molecule has 0 atom stereocenters. The highest BCUT2D eigenvalue weighted by molar-refractivity contribution is 5.23. The lowest BCUT2D eigenvalue weighted by molar-refractivity contribution is 0.178. The number of hydrogen-bond acceptors (Lipinski definition) is 2. The largest absolute Gasteiger partial charge is 0.328 e. The molecule has 17 heavy (non-hydrogen) atoms. The summed E-state index contributed by atoms with van der Waals surface area (Å²) in [6.07, 6.45) is 2.29. The van der Waals surface area contributed by atoms with Crippen molar-refractivity contribution in [2.45, 2.75) is 32.4 Å². The summed E-state index contributed by atoms with van der Waals surface area (Å²) >= 11 is 0. The monoisotopic (exact) mass is 236 g/mol. The van der Waals surface area contributed by atoms with Crippen LogP contribution >= 0.6 is 0 Å². The highest BCUT2D eigenvalue weighted by Crippen LogP contribution is 2.26. The minimum absolute atomic E-state index is 0.124. The van der Waals surface area contributed by atoms with E-state index >= 15 is 0 Å². The van der Waals surface area contributed by atoms with Gasteiger partial charge in [0.25, 0.3) is 0 Å². The van der Waals surface area contributed by atoms with Gasteiger partial charge in [-0.1, -0.05) is 12.1 Å². The Balaban J connectivity index is 1.85. The fraction of sp³-hybridized carbons (Fsp3) is 0.571. The van der Waals surface area contributed by atoms with E-state index in [1.807, 2.05) is 19.1 Å². The summed E-state index contributed by atoms with van der Waals surface area (Å²) in [7, 11) is 2.11. The normalized spacial score (nSPS) is 23.8. The number of rotatable bonds is 4. The van der Waals surface area contributed by atoms with E-state index in [9.17, 15) is 4.39 Å². The van der Waals surface area contributed by atoms with Crippen LogP contribution in [0.5, 0.6) is 0 Å². The number of halogens is 1. The summed E-state index contributed by atoms with van der Waals surface area (Å²) in [5.41, 5.74) is 7.67. The van der Waals surface area contributed by atoms with E-state index in [2.05, 4.69) is 11.9 Å². The molecule has 0 unspecified atom stereocenters. The Labute approximate surface area is 103 Å². The van der Waals surface area contributed by atoms with Crippen LogP contribution in [0.4, 0.5) is 4.39 Å². The molecule has 94 valence electrons. The maximum absolute atomic E-state index is 13.1. The van der Waals surface area contributed by atoms with E-state index < -0.39 is 0 Å². The van der Waals surface area contributed by atoms with Crippen LogP contribution in [0, 0.1) is 18.7 Å². The third-order valence-corrected chi connectivity index (χ3v) is 3.52. The maximum Gasteiger partial charge on any atom is 0.126 e. The van der Waals surface area contributed by atoms with Gasteiger partial charge in [-0.25, -0.2) is 4.39 Å². The van der Waals surface area contributed by atoms with Gasteiger partial charge in [0.05, 0.1) is 0 Å². The number of hydrogen-bond donors (Lipinski definition) is 1. The van der Waals surface area contributed by atoms with Crippen molar-refractivity contribution in [3.63, 3.8) is 0 Å². The lowest BCUT2D eigenvalue weighted by Crippen LogP contribution is -2.41. The molecular formula is C14H21FN2. The predicted molar refractivity (Wildman–Crippen MR) is 68.2 cm³/mol. The van der Waals surface area contributed by atoms with Crippen molar-refractivity contribution >= 4 is 0 Å². The fourth-order valence-corrected chi connectivity index (χ4v) is 2.56. The van der Waals surface area contributed by atoms with Crippen molar-refractivity contribution in [1.29, 1.82) is 0 Å². The lowest BCUT2D eigenvalue weighted by Gasteiger charge is -2.35. The van der Waals surface area contributed by atoms with E-state index in [4.69, 9.17) is 5.73 Å². The number of nitrogens with zero attached hydrogens (tertiary/aromatic N) is 1. The molecule has 0 spiro atoms. The van der Waals surface area contributed by atoms with Crippen molar-refractivity contribution in [1.82, 2.24) is 4.90 Å². The zero-order chi connectivity index (χ0) is 12.4.